The standard InChI is InChI=1S/C28H46O6P2/c1-19-11-23(5)30-20(2,12-24(6,29-19)33-23)27(19,15-35)17-9-10-18(17)28(16-36)21(3)13-25(7)32-22(28,4)14-26(8,31-21)34-25/h17-18H,9-16,35-36H2,1-8H3/t17-,18+,19?,20?,21?,22?,23?,24?,25?,26?,27?,28?. The molecule has 8 bridgehead atoms. The quantitative estimate of drug-likeness (QED) is 0.447. The molecule has 0 spiro atoms. The molecule has 9 rings (SSSR count). The van der Waals surface area contributed by atoms with E-state index in [4.69, 9.17) is 28.4 Å². The van der Waals surface area contributed by atoms with E-state index in [0.717, 1.165) is 38.0 Å². The lowest BCUT2D eigenvalue weighted by Gasteiger charge is -2.81. The first kappa shape index (κ1) is 25.6. The van der Waals surface area contributed by atoms with Crippen LogP contribution < -0.4 is 0 Å². The van der Waals surface area contributed by atoms with Gasteiger partial charge in [-0.15, -0.1) is 18.5 Å². The van der Waals surface area contributed by atoms with Crippen molar-refractivity contribution >= 4 is 18.5 Å². The number of hydrogen-bond donors (Lipinski definition) is 0. The predicted molar refractivity (Wildman–Crippen MR) is 142 cm³/mol. The Morgan fingerprint density at radius 2 is 0.722 bits per heavy atom. The topological polar surface area (TPSA) is 55.4 Å². The van der Waals surface area contributed by atoms with Gasteiger partial charge in [0, 0.05) is 36.5 Å². The first-order chi connectivity index (χ1) is 16.4. The highest BCUT2D eigenvalue weighted by atomic mass is 31.0. The van der Waals surface area contributed by atoms with Crippen LogP contribution in [0.25, 0.3) is 0 Å². The van der Waals surface area contributed by atoms with E-state index in [1.165, 1.54) is 12.8 Å². The smallest absolute Gasteiger partial charge is 0.172 e. The third-order valence-electron chi connectivity index (χ3n) is 12.2. The third-order valence-corrected chi connectivity index (χ3v) is 13.5. The second-order valence-electron chi connectivity index (χ2n) is 14.9. The van der Waals surface area contributed by atoms with Crippen molar-refractivity contribution in [2.75, 3.05) is 12.3 Å². The molecule has 0 aromatic heterocycles. The van der Waals surface area contributed by atoms with E-state index in [0.29, 0.717) is 11.8 Å². The van der Waals surface area contributed by atoms with Gasteiger partial charge in [-0.2, -0.15) is 0 Å². The number of rotatable bonds is 4. The summed E-state index contributed by atoms with van der Waals surface area (Å²) in [5.74, 6) is -1.58. The summed E-state index contributed by atoms with van der Waals surface area (Å²) in [6.07, 6.45) is 7.24. The van der Waals surface area contributed by atoms with E-state index in [1.807, 2.05) is 0 Å². The molecule has 8 saturated heterocycles. The Hall–Kier alpha value is 0.620. The normalized spacial score (nSPS) is 68.8. The summed E-state index contributed by atoms with van der Waals surface area (Å²) in [5, 5.41) is 0. The molecule has 1 aliphatic carbocycles. The molecule has 9 fully saturated rings. The molecule has 8 heteroatoms. The molecular formula is C28H46O6P2. The molecular weight excluding hydrogens is 494 g/mol. The van der Waals surface area contributed by atoms with Crippen LogP contribution in [0.3, 0.4) is 0 Å². The Morgan fingerprint density at radius 1 is 0.472 bits per heavy atom. The van der Waals surface area contributed by atoms with Crippen molar-refractivity contribution in [3.8, 4) is 0 Å². The lowest BCUT2D eigenvalue weighted by Crippen LogP contribution is -2.87. The highest BCUT2D eigenvalue weighted by Crippen LogP contribution is 2.78. The fraction of sp³-hybridized carbons (Fsp3) is 1.00. The maximum Gasteiger partial charge on any atom is 0.172 e. The van der Waals surface area contributed by atoms with Crippen LogP contribution >= 0.6 is 18.5 Å². The molecule has 0 aromatic carbocycles. The summed E-state index contributed by atoms with van der Waals surface area (Å²) >= 11 is 0. The van der Waals surface area contributed by atoms with Crippen LogP contribution in [-0.2, 0) is 28.4 Å². The molecule has 0 aromatic rings. The molecule has 9 aliphatic rings. The van der Waals surface area contributed by atoms with Crippen LogP contribution in [0.5, 0.6) is 0 Å². The van der Waals surface area contributed by atoms with Gasteiger partial charge in [-0.25, -0.2) is 0 Å². The van der Waals surface area contributed by atoms with Gasteiger partial charge in [-0.05, 0) is 92.4 Å². The van der Waals surface area contributed by atoms with Gasteiger partial charge in [0.1, 0.15) is 0 Å². The summed E-state index contributed by atoms with van der Waals surface area (Å²) in [7, 11) is 6.24. The van der Waals surface area contributed by atoms with Crippen LogP contribution in [0, 0.1) is 22.7 Å². The molecule has 8 heterocycles. The molecule has 0 radical (unpaired) electrons. The van der Waals surface area contributed by atoms with Crippen molar-refractivity contribution in [3.05, 3.63) is 0 Å². The van der Waals surface area contributed by atoms with Crippen LogP contribution in [-0.4, -0.2) is 57.9 Å². The van der Waals surface area contributed by atoms with E-state index in [2.05, 4.69) is 73.9 Å². The first-order valence-corrected chi connectivity index (χ1v) is 15.7. The fourth-order valence-corrected chi connectivity index (χ4v) is 14.6. The third kappa shape index (κ3) is 2.56. The van der Waals surface area contributed by atoms with Crippen LogP contribution in [0.15, 0.2) is 0 Å². The van der Waals surface area contributed by atoms with E-state index >= 15 is 0 Å². The van der Waals surface area contributed by atoms with Crippen molar-refractivity contribution in [2.45, 2.75) is 139 Å². The summed E-state index contributed by atoms with van der Waals surface area (Å²) in [6.45, 7) is 17.8. The van der Waals surface area contributed by atoms with Crippen molar-refractivity contribution in [2.24, 2.45) is 22.7 Å². The lowest BCUT2D eigenvalue weighted by atomic mass is 9.37. The van der Waals surface area contributed by atoms with Gasteiger partial charge in [0.2, 0.25) is 0 Å². The summed E-state index contributed by atoms with van der Waals surface area (Å²) in [5.41, 5.74) is -1.69. The van der Waals surface area contributed by atoms with Gasteiger partial charge in [0.25, 0.3) is 0 Å². The van der Waals surface area contributed by atoms with Gasteiger partial charge >= 0.3 is 0 Å². The molecule has 10 unspecified atom stereocenters. The lowest BCUT2D eigenvalue weighted by molar-refractivity contribution is -0.564. The van der Waals surface area contributed by atoms with Crippen LogP contribution in [0.4, 0.5) is 0 Å². The van der Waals surface area contributed by atoms with E-state index in [9.17, 15) is 0 Å². The highest BCUT2D eigenvalue weighted by molar-refractivity contribution is 7.16. The zero-order valence-corrected chi connectivity index (χ0v) is 25.7. The Labute approximate surface area is 221 Å². The van der Waals surface area contributed by atoms with E-state index in [-0.39, 0.29) is 33.2 Å². The first-order valence-electron chi connectivity index (χ1n) is 14.0. The SMILES string of the molecule is CC12CC3(C)OC(C)(CC(C)(O1)C3(CP)[C@@H]1CC[C@@H]1C1(CP)C3(C)CC4(C)OC(C)(CC1(C)O4)O3)O2. The van der Waals surface area contributed by atoms with Crippen molar-refractivity contribution in [1.29, 1.82) is 0 Å². The van der Waals surface area contributed by atoms with E-state index < -0.39 is 23.1 Å². The largest absolute Gasteiger partial charge is 0.343 e. The molecule has 0 amide bonds. The van der Waals surface area contributed by atoms with Gasteiger partial charge in [-0.3, -0.25) is 0 Å². The Bertz CT molecular complexity index is 862. The van der Waals surface area contributed by atoms with Crippen LogP contribution in [0.1, 0.15) is 93.9 Å². The molecule has 12 atom stereocenters. The molecule has 8 aliphatic heterocycles. The minimum atomic E-state index is -0.608. The van der Waals surface area contributed by atoms with Crippen molar-refractivity contribution < 1.29 is 28.4 Å². The Morgan fingerprint density at radius 3 is 0.917 bits per heavy atom. The zero-order chi connectivity index (χ0) is 26.1. The second-order valence-corrected chi connectivity index (χ2v) is 15.7. The maximum absolute atomic E-state index is 6.99. The average molecular weight is 541 g/mol. The Kier molecular flexibility index (Phi) is 4.67. The molecule has 1 saturated carbocycles. The molecule has 36 heavy (non-hydrogen) atoms. The van der Waals surface area contributed by atoms with Crippen LogP contribution in [0.2, 0.25) is 0 Å². The summed E-state index contributed by atoms with van der Waals surface area (Å²) in [4.78, 5) is 0. The molecule has 0 N–H and O–H groups in total. The van der Waals surface area contributed by atoms with Crippen molar-refractivity contribution in [1.82, 2.24) is 0 Å². The number of ether oxygens (including phenoxy) is 6. The Balaban J connectivity index is 1.37. The average Bonchev–Trinajstić information content (AvgIpc) is 2.60. The summed E-state index contributed by atoms with van der Waals surface area (Å²) in [6, 6.07) is 0. The second kappa shape index (κ2) is 6.57. The van der Waals surface area contributed by atoms with Gasteiger partial charge in [0.05, 0.1) is 22.4 Å². The van der Waals surface area contributed by atoms with Gasteiger partial charge in [0.15, 0.2) is 23.1 Å². The minimum Gasteiger partial charge on any atom is -0.343 e. The number of hydrogen-bond acceptors (Lipinski definition) is 6. The zero-order valence-electron chi connectivity index (χ0n) is 23.4. The molecule has 6 nitrogen and oxygen atoms in total. The fourth-order valence-electron chi connectivity index (χ4n) is 12.3. The maximum atomic E-state index is 6.99. The van der Waals surface area contributed by atoms with Gasteiger partial charge < -0.3 is 28.4 Å². The summed E-state index contributed by atoms with van der Waals surface area (Å²) < 4.78 is 40.8. The predicted octanol–water partition coefficient (Wildman–Crippen LogP) is 5.38. The minimum absolute atomic E-state index is 0.158. The highest BCUT2D eigenvalue weighted by Gasteiger charge is 2.84. The monoisotopic (exact) mass is 540 g/mol. The molecule has 204 valence electrons. The van der Waals surface area contributed by atoms with E-state index in [1.54, 1.807) is 0 Å². The van der Waals surface area contributed by atoms with Gasteiger partial charge in [-0.1, -0.05) is 0 Å². The van der Waals surface area contributed by atoms with Crippen molar-refractivity contribution in [3.63, 3.8) is 0 Å².